The minimum Gasteiger partial charge on any atom is -0.385 e. The van der Waals surface area contributed by atoms with E-state index in [1.54, 1.807) is 7.11 Å². The average Bonchev–Trinajstić information content (AvgIpc) is 2.51. The Kier molecular flexibility index (Phi) is 7.03. The molecule has 2 heteroatoms. The van der Waals surface area contributed by atoms with Gasteiger partial charge in [-0.15, -0.1) is 0 Å². The summed E-state index contributed by atoms with van der Waals surface area (Å²) in [5, 5.41) is 3.63. The van der Waals surface area contributed by atoms with Crippen molar-refractivity contribution in [3.05, 3.63) is 0 Å². The first-order chi connectivity index (χ1) is 7.33. The molecule has 0 bridgehead atoms. The Morgan fingerprint density at radius 1 is 1.20 bits per heavy atom. The van der Waals surface area contributed by atoms with Crippen molar-refractivity contribution in [1.29, 1.82) is 0 Å². The van der Waals surface area contributed by atoms with Crippen molar-refractivity contribution in [3.63, 3.8) is 0 Å². The fraction of sp³-hybridized carbons (Fsp3) is 1.00. The Morgan fingerprint density at radius 2 is 1.87 bits per heavy atom. The molecule has 0 aliphatic heterocycles. The Hall–Kier alpha value is -0.0800. The minimum absolute atomic E-state index is 0.605. The molecule has 0 amide bonds. The zero-order valence-electron chi connectivity index (χ0n) is 10.4. The third-order valence-electron chi connectivity index (χ3n) is 3.48. The van der Waals surface area contributed by atoms with E-state index in [1.807, 2.05) is 0 Å². The molecule has 15 heavy (non-hydrogen) atoms. The smallest absolute Gasteiger partial charge is 0.0476 e. The van der Waals surface area contributed by atoms with Gasteiger partial charge >= 0.3 is 0 Å². The average molecular weight is 213 g/mol. The van der Waals surface area contributed by atoms with Crippen LogP contribution in [0.4, 0.5) is 0 Å². The first kappa shape index (κ1) is 13.0. The Bertz CT molecular complexity index is 141. The van der Waals surface area contributed by atoms with Crippen molar-refractivity contribution in [2.75, 3.05) is 20.3 Å². The first-order valence-corrected chi connectivity index (χ1v) is 6.55. The topological polar surface area (TPSA) is 21.3 Å². The zero-order chi connectivity index (χ0) is 10.9. The highest BCUT2D eigenvalue weighted by Crippen LogP contribution is 2.22. The van der Waals surface area contributed by atoms with Gasteiger partial charge in [-0.1, -0.05) is 25.7 Å². The third-order valence-corrected chi connectivity index (χ3v) is 3.48. The summed E-state index contributed by atoms with van der Waals surface area (Å²) in [6.45, 7) is 4.35. The van der Waals surface area contributed by atoms with E-state index in [0.717, 1.165) is 18.9 Å². The molecular formula is C13H27NO. The van der Waals surface area contributed by atoms with Crippen LogP contribution in [0.3, 0.4) is 0 Å². The normalized spacial score (nSPS) is 21.2. The van der Waals surface area contributed by atoms with E-state index in [-0.39, 0.29) is 0 Å². The second-order valence-electron chi connectivity index (χ2n) is 4.95. The van der Waals surface area contributed by atoms with Crippen LogP contribution < -0.4 is 5.32 Å². The van der Waals surface area contributed by atoms with Gasteiger partial charge in [-0.3, -0.25) is 0 Å². The van der Waals surface area contributed by atoms with E-state index in [1.165, 1.54) is 45.1 Å². The fourth-order valence-corrected chi connectivity index (χ4v) is 2.33. The van der Waals surface area contributed by atoms with E-state index in [0.29, 0.717) is 6.04 Å². The van der Waals surface area contributed by atoms with Gasteiger partial charge < -0.3 is 10.1 Å². The lowest BCUT2D eigenvalue weighted by molar-refractivity contribution is 0.183. The van der Waals surface area contributed by atoms with E-state index >= 15 is 0 Å². The van der Waals surface area contributed by atoms with Crippen LogP contribution in [0, 0.1) is 5.92 Å². The number of ether oxygens (including phenoxy) is 1. The SMILES string of the molecule is COCCC(C)NCC1CCCCCC1. The summed E-state index contributed by atoms with van der Waals surface area (Å²) in [4.78, 5) is 0. The molecular weight excluding hydrogens is 186 g/mol. The van der Waals surface area contributed by atoms with E-state index in [9.17, 15) is 0 Å². The lowest BCUT2D eigenvalue weighted by Gasteiger charge is -2.19. The molecule has 0 saturated heterocycles. The molecule has 0 spiro atoms. The molecule has 0 heterocycles. The predicted octanol–water partition coefficient (Wildman–Crippen LogP) is 2.97. The van der Waals surface area contributed by atoms with Crippen molar-refractivity contribution < 1.29 is 4.74 Å². The van der Waals surface area contributed by atoms with Gasteiger partial charge in [0.25, 0.3) is 0 Å². The van der Waals surface area contributed by atoms with Crippen LogP contribution in [0.5, 0.6) is 0 Å². The molecule has 1 rings (SSSR count). The molecule has 2 nitrogen and oxygen atoms in total. The molecule has 0 aromatic heterocycles. The number of methoxy groups -OCH3 is 1. The van der Waals surface area contributed by atoms with Gasteiger partial charge in [-0.05, 0) is 38.6 Å². The van der Waals surface area contributed by atoms with Crippen molar-refractivity contribution in [3.8, 4) is 0 Å². The monoisotopic (exact) mass is 213 g/mol. The zero-order valence-corrected chi connectivity index (χ0v) is 10.4. The van der Waals surface area contributed by atoms with Crippen LogP contribution in [0.2, 0.25) is 0 Å². The summed E-state index contributed by atoms with van der Waals surface area (Å²) in [7, 11) is 1.78. The lowest BCUT2D eigenvalue weighted by Crippen LogP contribution is -2.31. The van der Waals surface area contributed by atoms with Gasteiger partial charge in [-0.2, -0.15) is 0 Å². The van der Waals surface area contributed by atoms with Crippen LogP contribution in [0.15, 0.2) is 0 Å². The lowest BCUT2D eigenvalue weighted by atomic mass is 10.00. The van der Waals surface area contributed by atoms with Crippen LogP contribution in [-0.4, -0.2) is 26.3 Å². The molecule has 0 radical (unpaired) electrons. The van der Waals surface area contributed by atoms with Crippen LogP contribution >= 0.6 is 0 Å². The van der Waals surface area contributed by atoms with Gasteiger partial charge in [-0.25, -0.2) is 0 Å². The largest absolute Gasteiger partial charge is 0.385 e. The molecule has 90 valence electrons. The van der Waals surface area contributed by atoms with Crippen LogP contribution in [0.25, 0.3) is 0 Å². The molecule has 1 aliphatic carbocycles. The summed E-state index contributed by atoms with van der Waals surface area (Å²) in [6.07, 6.45) is 9.79. The predicted molar refractivity (Wildman–Crippen MR) is 65.1 cm³/mol. The van der Waals surface area contributed by atoms with E-state index in [4.69, 9.17) is 4.74 Å². The third kappa shape index (κ3) is 6.16. The maximum atomic E-state index is 5.08. The molecule has 0 aromatic rings. The second kappa shape index (κ2) is 8.12. The quantitative estimate of drug-likeness (QED) is 0.685. The maximum Gasteiger partial charge on any atom is 0.0476 e. The van der Waals surface area contributed by atoms with Crippen LogP contribution in [0.1, 0.15) is 51.9 Å². The van der Waals surface area contributed by atoms with Crippen molar-refractivity contribution in [1.82, 2.24) is 5.32 Å². The van der Waals surface area contributed by atoms with Crippen molar-refractivity contribution in [2.24, 2.45) is 5.92 Å². The van der Waals surface area contributed by atoms with E-state index < -0.39 is 0 Å². The Labute approximate surface area is 94.8 Å². The molecule has 1 atom stereocenters. The molecule has 1 saturated carbocycles. The van der Waals surface area contributed by atoms with Gasteiger partial charge in [0, 0.05) is 19.8 Å². The van der Waals surface area contributed by atoms with Crippen molar-refractivity contribution in [2.45, 2.75) is 57.9 Å². The highest BCUT2D eigenvalue weighted by atomic mass is 16.5. The summed E-state index contributed by atoms with van der Waals surface area (Å²) in [5.74, 6) is 0.928. The molecule has 0 aromatic carbocycles. The second-order valence-corrected chi connectivity index (χ2v) is 4.95. The molecule has 1 fully saturated rings. The highest BCUT2D eigenvalue weighted by Gasteiger charge is 2.12. The number of rotatable bonds is 6. The van der Waals surface area contributed by atoms with Crippen LogP contribution in [-0.2, 0) is 4.74 Å². The van der Waals surface area contributed by atoms with Gasteiger partial charge in [0.2, 0.25) is 0 Å². The van der Waals surface area contributed by atoms with Gasteiger partial charge in [0.15, 0.2) is 0 Å². The molecule has 1 unspecified atom stereocenters. The van der Waals surface area contributed by atoms with Gasteiger partial charge in [0.1, 0.15) is 0 Å². The number of hydrogen-bond acceptors (Lipinski definition) is 2. The van der Waals surface area contributed by atoms with E-state index in [2.05, 4.69) is 12.2 Å². The first-order valence-electron chi connectivity index (χ1n) is 6.55. The standard InChI is InChI=1S/C13H27NO/c1-12(9-10-15-2)14-11-13-7-5-3-4-6-8-13/h12-14H,3-11H2,1-2H3. The summed E-state index contributed by atoms with van der Waals surface area (Å²) < 4.78 is 5.08. The fourth-order valence-electron chi connectivity index (χ4n) is 2.33. The maximum absolute atomic E-state index is 5.08. The number of hydrogen-bond donors (Lipinski definition) is 1. The summed E-state index contributed by atoms with van der Waals surface area (Å²) >= 11 is 0. The van der Waals surface area contributed by atoms with Gasteiger partial charge in [0.05, 0.1) is 0 Å². The summed E-state index contributed by atoms with van der Waals surface area (Å²) in [6, 6.07) is 0.605. The summed E-state index contributed by atoms with van der Waals surface area (Å²) in [5.41, 5.74) is 0. The molecule has 1 aliphatic rings. The minimum atomic E-state index is 0.605. The molecule has 1 N–H and O–H groups in total. The Morgan fingerprint density at radius 3 is 2.47 bits per heavy atom. The number of nitrogens with one attached hydrogen (secondary N) is 1. The van der Waals surface area contributed by atoms with Crippen molar-refractivity contribution >= 4 is 0 Å². The Balaban J connectivity index is 2.06. The highest BCUT2D eigenvalue weighted by molar-refractivity contribution is 4.69.